The van der Waals surface area contributed by atoms with Crippen molar-refractivity contribution in [2.24, 2.45) is 0 Å². The standard InChI is InChI=1S/C15H15NO3S/c1-15(2,17)9-18-11-5-3-4-10(8-11)13-14-12(19-16-13)6-7-20-14/h3-8,17H,9H2,1-2H3. The summed E-state index contributed by atoms with van der Waals surface area (Å²) in [6.45, 7) is 3.66. The average Bonchev–Trinajstić information content (AvgIpc) is 2.98. The van der Waals surface area contributed by atoms with Gasteiger partial charge in [0.25, 0.3) is 0 Å². The van der Waals surface area contributed by atoms with Crippen molar-refractivity contribution in [3.8, 4) is 17.0 Å². The van der Waals surface area contributed by atoms with Crippen LogP contribution in [0.3, 0.4) is 0 Å². The molecule has 1 aromatic carbocycles. The van der Waals surface area contributed by atoms with Crippen molar-refractivity contribution in [2.45, 2.75) is 19.4 Å². The largest absolute Gasteiger partial charge is 0.491 e. The van der Waals surface area contributed by atoms with Gasteiger partial charge in [0.2, 0.25) is 0 Å². The molecule has 0 saturated heterocycles. The number of thiophene rings is 1. The van der Waals surface area contributed by atoms with Crippen molar-refractivity contribution < 1.29 is 14.4 Å². The van der Waals surface area contributed by atoms with Crippen molar-refractivity contribution in [1.29, 1.82) is 0 Å². The lowest BCUT2D eigenvalue weighted by molar-refractivity contribution is 0.0285. The highest BCUT2D eigenvalue weighted by atomic mass is 32.1. The van der Waals surface area contributed by atoms with E-state index in [9.17, 15) is 5.11 Å². The number of aromatic nitrogens is 1. The third-order valence-electron chi connectivity index (χ3n) is 2.78. The summed E-state index contributed by atoms with van der Waals surface area (Å²) in [5.41, 5.74) is 1.71. The molecule has 0 bridgehead atoms. The molecule has 0 radical (unpaired) electrons. The molecular weight excluding hydrogens is 274 g/mol. The van der Waals surface area contributed by atoms with E-state index in [4.69, 9.17) is 9.26 Å². The van der Waals surface area contributed by atoms with Crippen LogP contribution in [0.5, 0.6) is 5.75 Å². The van der Waals surface area contributed by atoms with Gasteiger partial charge in [-0.3, -0.25) is 0 Å². The molecule has 0 aliphatic heterocycles. The van der Waals surface area contributed by atoms with Crippen molar-refractivity contribution in [1.82, 2.24) is 5.16 Å². The highest BCUT2D eigenvalue weighted by Gasteiger charge is 2.15. The first-order valence-electron chi connectivity index (χ1n) is 6.31. The molecule has 0 amide bonds. The van der Waals surface area contributed by atoms with E-state index in [2.05, 4.69) is 5.16 Å². The Labute approximate surface area is 120 Å². The fourth-order valence-electron chi connectivity index (χ4n) is 1.86. The van der Waals surface area contributed by atoms with Crippen LogP contribution in [-0.2, 0) is 0 Å². The fourth-order valence-corrected chi connectivity index (χ4v) is 2.67. The molecular formula is C15H15NO3S. The molecule has 0 spiro atoms. The third kappa shape index (κ3) is 2.69. The SMILES string of the molecule is CC(C)(O)COc1cccc(-c2noc3ccsc23)c1. The maximum Gasteiger partial charge on any atom is 0.178 e. The topological polar surface area (TPSA) is 55.5 Å². The second kappa shape index (κ2) is 4.92. The van der Waals surface area contributed by atoms with E-state index < -0.39 is 5.60 Å². The van der Waals surface area contributed by atoms with Gasteiger partial charge in [-0.15, -0.1) is 11.3 Å². The van der Waals surface area contributed by atoms with Gasteiger partial charge in [0.05, 0.1) is 5.60 Å². The molecule has 4 nitrogen and oxygen atoms in total. The predicted octanol–water partition coefficient (Wildman–Crippen LogP) is 3.71. The Hall–Kier alpha value is -1.85. The zero-order chi connectivity index (χ0) is 14.2. The highest BCUT2D eigenvalue weighted by Crippen LogP contribution is 2.33. The summed E-state index contributed by atoms with van der Waals surface area (Å²) >= 11 is 1.60. The van der Waals surface area contributed by atoms with Crippen LogP contribution in [0, 0.1) is 0 Å². The summed E-state index contributed by atoms with van der Waals surface area (Å²) in [6.07, 6.45) is 0. The fraction of sp³-hybridized carbons (Fsp3) is 0.267. The highest BCUT2D eigenvalue weighted by molar-refractivity contribution is 7.17. The zero-order valence-corrected chi connectivity index (χ0v) is 12.1. The quantitative estimate of drug-likeness (QED) is 0.795. The van der Waals surface area contributed by atoms with Gasteiger partial charge in [-0.1, -0.05) is 17.3 Å². The molecule has 3 aromatic rings. The Kier molecular flexibility index (Phi) is 3.23. The number of benzene rings is 1. The molecule has 0 saturated carbocycles. The van der Waals surface area contributed by atoms with E-state index in [1.54, 1.807) is 25.2 Å². The number of hydrogen-bond donors (Lipinski definition) is 1. The first-order valence-corrected chi connectivity index (χ1v) is 7.19. The molecule has 2 aromatic heterocycles. The Morgan fingerprint density at radius 3 is 3.00 bits per heavy atom. The molecule has 5 heteroatoms. The third-order valence-corrected chi connectivity index (χ3v) is 3.68. The van der Waals surface area contributed by atoms with Gasteiger partial charge in [0.1, 0.15) is 22.8 Å². The molecule has 2 heterocycles. The van der Waals surface area contributed by atoms with E-state index in [-0.39, 0.29) is 6.61 Å². The Bertz CT molecular complexity index is 724. The predicted molar refractivity (Wildman–Crippen MR) is 79.1 cm³/mol. The first-order chi connectivity index (χ1) is 9.53. The van der Waals surface area contributed by atoms with Gasteiger partial charge in [-0.25, -0.2) is 0 Å². The molecule has 20 heavy (non-hydrogen) atoms. The van der Waals surface area contributed by atoms with E-state index >= 15 is 0 Å². The average molecular weight is 289 g/mol. The van der Waals surface area contributed by atoms with Crippen LogP contribution in [0.15, 0.2) is 40.2 Å². The zero-order valence-electron chi connectivity index (χ0n) is 11.3. The van der Waals surface area contributed by atoms with Crippen molar-refractivity contribution in [3.05, 3.63) is 35.7 Å². The molecule has 0 unspecified atom stereocenters. The lowest BCUT2D eigenvalue weighted by atomic mass is 10.1. The summed E-state index contributed by atoms with van der Waals surface area (Å²) < 4.78 is 11.9. The number of rotatable bonds is 4. The summed E-state index contributed by atoms with van der Waals surface area (Å²) in [5, 5.41) is 15.8. The molecule has 3 rings (SSSR count). The van der Waals surface area contributed by atoms with E-state index in [1.165, 1.54) is 0 Å². The second-order valence-electron chi connectivity index (χ2n) is 5.27. The van der Waals surface area contributed by atoms with Gasteiger partial charge < -0.3 is 14.4 Å². The van der Waals surface area contributed by atoms with Gasteiger partial charge in [0.15, 0.2) is 5.58 Å². The lowest BCUT2D eigenvalue weighted by Crippen LogP contribution is -2.27. The Morgan fingerprint density at radius 1 is 1.35 bits per heavy atom. The van der Waals surface area contributed by atoms with Crippen LogP contribution >= 0.6 is 11.3 Å². The van der Waals surface area contributed by atoms with E-state index in [0.29, 0.717) is 5.75 Å². The minimum absolute atomic E-state index is 0.240. The summed E-state index contributed by atoms with van der Waals surface area (Å²) in [6, 6.07) is 9.55. The van der Waals surface area contributed by atoms with E-state index in [0.717, 1.165) is 21.5 Å². The van der Waals surface area contributed by atoms with Crippen LogP contribution in [0.4, 0.5) is 0 Å². The van der Waals surface area contributed by atoms with Crippen LogP contribution < -0.4 is 4.74 Å². The molecule has 1 N–H and O–H groups in total. The number of aliphatic hydroxyl groups is 1. The maximum absolute atomic E-state index is 9.70. The Balaban J connectivity index is 1.90. The van der Waals surface area contributed by atoms with Gasteiger partial charge in [-0.2, -0.15) is 0 Å². The monoisotopic (exact) mass is 289 g/mol. The summed E-state index contributed by atoms with van der Waals surface area (Å²) in [4.78, 5) is 0. The number of hydrogen-bond acceptors (Lipinski definition) is 5. The van der Waals surface area contributed by atoms with Gasteiger partial charge >= 0.3 is 0 Å². The maximum atomic E-state index is 9.70. The number of ether oxygens (including phenoxy) is 1. The smallest absolute Gasteiger partial charge is 0.178 e. The molecule has 0 aliphatic carbocycles. The van der Waals surface area contributed by atoms with E-state index in [1.807, 2.05) is 35.7 Å². The van der Waals surface area contributed by atoms with Crippen molar-refractivity contribution >= 4 is 21.6 Å². The van der Waals surface area contributed by atoms with Crippen LogP contribution in [-0.4, -0.2) is 22.5 Å². The normalized spacial score (nSPS) is 11.9. The van der Waals surface area contributed by atoms with Crippen LogP contribution in [0.25, 0.3) is 21.5 Å². The molecule has 104 valence electrons. The Morgan fingerprint density at radius 2 is 2.20 bits per heavy atom. The summed E-state index contributed by atoms with van der Waals surface area (Å²) in [5.74, 6) is 0.706. The molecule has 0 atom stereocenters. The van der Waals surface area contributed by atoms with Crippen molar-refractivity contribution in [3.63, 3.8) is 0 Å². The van der Waals surface area contributed by atoms with Crippen LogP contribution in [0.2, 0.25) is 0 Å². The summed E-state index contributed by atoms with van der Waals surface area (Å²) in [7, 11) is 0. The van der Waals surface area contributed by atoms with Gasteiger partial charge in [0, 0.05) is 5.56 Å². The minimum atomic E-state index is -0.856. The lowest BCUT2D eigenvalue weighted by Gasteiger charge is -2.17. The minimum Gasteiger partial charge on any atom is -0.491 e. The van der Waals surface area contributed by atoms with Crippen molar-refractivity contribution in [2.75, 3.05) is 6.61 Å². The molecule has 0 fully saturated rings. The number of fused-ring (bicyclic) bond motifs is 1. The molecule has 0 aliphatic rings. The first kappa shape index (κ1) is 13.1. The van der Waals surface area contributed by atoms with Crippen LogP contribution in [0.1, 0.15) is 13.8 Å². The second-order valence-corrected chi connectivity index (χ2v) is 6.19. The number of nitrogens with zero attached hydrogens (tertiary/aromatic N) is 1. The van der Waals surface area contributed by atoms with Gasteiger partial charge in [-0.05, 0) is 37.4 Å².